The fourth-order valence-corrected chi connectivity index (χ4v) is 2.27. The number of rotatable bonds is 3. The summed E-state index contributed by atoms with van der Waals surface area (Å²) < 4.78 is 6.77. The highest BCUT2D eigenvalue weighted by atomic mass is 16.5. The van der Waals surface area contributed by atoms with Gasteiger partial charge in [0.2, 0.25) is 5.78 Å². The summed E-state index contributed by atoms with van der Waals surface area (Å²) in [5, 5.41) is 7.37. The Morgan fingerprint density at radius 3 is 3.12 bits per heavy atom. The average molecular weight is 237 g/mol. The first kappa shape index (κ1) is 12.1. The van der Waals surface area contributed by atoms with Crippen LogP contribution in [0.1, 0.15) is 36.2 Å². The summed E-state index contributed by atoms with van der Waals surface area (Å²) in [6, 6.07) is -0.0956. The highest BCUT2D eigenvalue weighted by Gasteiger charge is 2.26. The first-order chi connectivity index (χ1) is 8.24. The first-order valence-corrected chi connectivity index (χ1v) is 6.07. The molecule has 0 bridgehead atoms. The van der Waals surface area contributed by atoms with Gasteiger partial charge in [0, 0.05) is 7.05 Å². The van der Waals surface area contributed by atoms with E-state index in [4.69, 9.17) is 4.74 Å². The van der Waals surface area contributed by atoms with Gasteiger partial charge in [0.15, 0.2) is 5.75 Å². The van der Waals surface area contributed by atoms with E-state index < -0.39 is 0 Å². The number of ether oxygens (including phenoxy) is 1. The van der Waals surface area contributed by atoms with E-state index in [1.165, 1.54) is 6.42 Å². The van der Waals surface area contributed by atoms with Gasteiger partial charge in [0.25, 0.3) is 0 Å². The molecule has 2 rings (SSSR count). The molecule has 1 atom stereocenters. The first-order valence-electron chi connectivity index (χ1n) is 6.07. The molecule has 0 aliphatic carbocycles. The zero-order valence-electron chi connectivity index (χ0n) is 10.4. The average Bonchev–Trinajstić information content (AvgIpc) is 2.56. The molecule has 1 aromatic rings. The molecule has 0 amide bonds. The van der Waals surface area contributed by atoms with Crippen LogP contribution in [0.4, 0.5) is 0 Å². The maximum Gasteiger partial charge on any atom is 0.201 e. The standard InChI is InChI=1S/C12H19N3O2/c1-15-11(10(17-2)8-14-15)12(16)9-6-4-3-5-7-13-9/h8-9,13H,3-7H2,1-2H3. The predicted molar refractivity (Wildman–Crippen MR) is 64.3 cm³/mol. The molecule has 5 heteroatoms. The van der Waals surface area contributed by atoms with Crippen LogP contribution in [0.2, 0.25) is 0 Å². The molecular weight excluding hydrogens is 218 g/mol. The minimum absolute atomic E-state index is 0.0868. The Balaban J connectivity index is 2.20. The van der Waals surface area contributed by atoms with Gasteiger partial charge in [-0.15, -0.1) is 0 Å². The molecular formula is C12H19N3O2. The van der Waals surface area contributed by atoms with Crippen LogP contribution in [0.25, 0.3) is 0 Å². The molecule has 94 valence electrons. The van der Waals surface area contributed by atoms with E-state index >= 15 is 0 Å². The highest BCUT2D eigenvalue weighted by molar-refractivity contribution is 6.00. The minimum atomic E-state index is -0.0956. The van der Waals surface area contributed by atoms with E-state index in [0.29, 0.717) is 11.4 Å². The van der Waals surface area contributed by atoms with Gasteiger partial charge in [-0.3, -0.25) is 9.48 Å². The normalized spacial score (nSPS) is 20.9. The van der Waals surface area contributed by atoms with Crippen molar-refractivity contribution < 1.29 is 9.53 Å². The largest absolute Gasteiger partial charge is 0.493 e. The van der Waals surface area contributed by atoms with E-state index in [1.807, 2.05) is 0 Å². The molecule has 1 fully saturated rings. The Kier molecular flexibility index (Phi) is 3.78. The molecule has 1 aliphatic rings. The summed E-state index contributed by atoms with van der Waals surface area (Å²) >= 11 is 0. The van der Waals surface area contributed by atoms with Gasteiger partial charge in [0.05, 0.1) is 19.3 Å². The van der Waals surface area contributed by atoms with Gasteiger partial charge >= 0.3 is 0 Å². The lowest BCUT2D eigenvalue weighted by atomic mass is 10.0. The van der Waals surface area contributed by atoms with Crippen LogP contribution in [0, 0.1) is 0 Å². The summed E-state index contributed by atoms with van der Waals surface area (Å²) in [6.07, 6.45) is 5.92. The van der Waals surface area contributed by atoms with Gasteiger partial charge in [-0.1, -0.05) is 12.8 Å². The van der Waals surface area contributed by atoms with Crippen molar-refractivity contribution >= 4 is 5.78 Å². The second kappa shape index (κ2) is 5.31. The second-order valence-corrected chi connectivity index (χ2v) is 4.41. The van der Waals surface area contributed by atoms with Crippen LogP contribution < -0.4 is 10.1 Å². The monoisotopic (exact) mass is 237 g/mol. The molecule has 2 heterocycles. The third-order valence-corrected chi connectivity index (χ3v) is 3.24. The van der Waals surface area contributed by atoms with Crippen LogP contribution in [0.5, 0.6) is 5.75 Å². The van der Waals surface area contributed by atoms with E-state index in [-0.39, 0.29) is 11.8 Å². The number of carbonyl (C=O) groups is 1. The summed E-state index contributed by atoms with van der Waals surface area (Å²) in [5.74, 6) is 0.646. The van der Waals surface area contributed by atoms with Crippen molar-refractivity contribution in [1.29, 1.82) is 0 Å². The molecule has 1 saturated heterocycles. The smallest absolute Gasteiger partial charge is 0.201 e. The zero-order valence-corrected chi connectivity index (χ0v) is 10.4. The molecule has 1 aliphatic heterocycles. The topological polar surface area (TPSA) is 56.2 Å². The van der Waals surface area contributed by atoms with Crippen molar-refractivity contribution in [3.05, 3.63) is 11.9 Å². The SMILES string of the molecule is COc1cnn(C)c1C(=O)C1CCCCCN1. The summed E-state index contributed by atoms with van der Waals surface area (Å²) in [5.41, 5.74) is 0.562. The lowest BCUT2D eigenvalue weighted by Gasteiger charge is -2.15. The fraction of sp³-hybridized carbons (Fsp3) is 0.667. The Bertz CT molecular complexity index is 392. The predicted octanol–water partition coefficient (Wildman–Crippen LogP) is 1.14. The number of hydrogen-bond donors (Lipinski definition) is 1. The third kappa shape index (κ3) is 2.49. The molecule has 0 spiro atoms. The van der Waals surface area contributed by atoms with Crippen LogP contribution in [0.3, 0.4) is 0 Å². The van der Waals surface area contributed by atoms with Gasteiger partial charge in [-0.25, -0.2) is 0 Å². The number of ketones is 1. The molecule has 1 N–H and O–H groups in total. The van der Waals surface area contributed by atoms with E-state index in [1.54, 1.807) is 25.0 Å². The fourth-order valence-electron chi connectivity index (χ4n) is 2.27. The molecule has 17 heavy (non-hydrogen) atoms. The minimum Gasteiger partial charge on any atom is -0.493 e. The number of aryl methyl sites for hydroxylation is 1. The van der Waals surface area contributed by atoms with E-state index in [9.17, 15) is 4.79 Å². The summed E-state index contributed by atoms with van der Waals surface area (Å²) in [4.78, 5) is 12.4. The number of carbonyl (C=O) groups excluding carboxylic acids is 1. The third-order valence-electron chi connectivity index (χ3n) is 3.24. The molecule has 0 radical (unpaired) electrons. The number of aromatic nitrogens is 2. The van der Waals surface area contributed by atoms with Gasteiger partial charge in [-0.2, -0.15) is 5.10 Å². The maximum absolute atomic E-state index is 12.4. The van der Waals surface area contributed by atoms with Crippen molar-refractivity contribution in [3.8, 4) is 5.75 Å². The van der Waals surface area contributed by atoms with Gasteiger partial charge in [-0.05, 0) is 19.4 Å². The lowest BCUT2D eigenvalue weighted by molar-refractivity contribution is 0.0928. The Morgan fingerprint density at radius 1 is 1.53 bits per heavy atom. The van der Waals surface area contributed by atoms with E-state index in [2.05, 4.69) is 10.4 Å². The number of methoxy groups -OCH3 is 1. The quantitative estimate of drug-likeness (QED) is 0.801. The number of Topliss-reactive ketones (excluding diaryl/α,β-unsaturated/α-hetero) is 1. The Morgan fingerprint density at radius 2 is 2.35 bits per heavy atom. The van der Waals surface area contributed by atoms with Gasteiger partial charge < -0.3 is 10.1 Å². The Labute approximate surface area is 101 Å². The van der Waals surface area contributed by atoms with Crippen molar-refractivity contribution in [2.45, 2.75) is 31.7 Å². The lowest BCUT2D eigenvalue weighted by Crippen LogP contribution is -2.37. The number of hydrogen-bond acceptors (Lipinski definition) is 4. The highest BCUT2D eigenvalue weighted by Crippen LogP contribution is 2.21. The van der Waals surface area contributed by atoms with E-state index in [0.717, 1.165) is 25.8 Å². The van der Waals surface area contributed by atoms with Crippen LogP contribution >= 0.6 is 0 Å². The van der Waals surface area contributed by atoms with Crippen LogP contribution in [-0.4, -0.2) is 35.3 Å². The summed E-state index contributed by atoms with van der Waals surface area (Å²) in [6.45, 7) is 0.913. The van der Waals surface area contributed by atoms with Crippen molar-refractivity contribution in [2.24, 2.45) is 7.05 Å². The Hall–Kier alpha value is -1.36. The van der Waals surface area contributed by atoms with Gasteiger partial charge in [0.1, 0.15) is 5.69 Å². The van der Waals surface area contributed by atoms with Crippen molar-refractivity contribution in [3.63, 3.8) is 0 Å². The zero-order chi connectivity index (χ0) is 12.3. The number of nitrogens with zero attached hydrogens (tertiary/aromatic N) is 2. The van der Waals surface area contributed by atoms with Crippen LogP contribution in [-0.2, 0) is 7.05 Å². The molecule has 5 nitrogen and oxygen atoms in total. The number of nitrogens with one attached hydrogen (secondary N) is 1. The van der Waals surface area contributed by atoms with Crippen molar-refractivity contribution in [2.75, 3.05) is 13.7 Å². The van der Waals surface area contributed by atoms with Crippen LogP contribution in [0.15, 0.2) is 6.20 Å². The summed E-state index contributed by atoms with van der Waals surface area (Å²) in [7, 11) is 3.33. The molecule has 0 saturated carbocycles. The second-order valence-electron chi connectivity index (χ2n) is 4.41. The molecule has 1 unspecified atom stereocenters. The molecule has 0 aromatic carbocycles. The maximum atomic E-state index is 12.4. The molecule has 1 aromatic heterocycles. The van der Waals surface area contributed by atoms with Crippen molar-refractivity contribution in [1.82, 2.24) is 15.1 Å².